The Hall–Kier alpha value is -0.240. The van der Waals surface area contributed by atoms with E-state index in [-0.39, 0.29) is 0 Å². The van der Waals surface area contributed by atoms with Gasteiger partial charge in [-0.1, -0.05) is 13.0 Å². The van der Waals surface area contributed by atoms with Crippen molar-refractivity contribution in [3.05, 3.63) is 12.3 Å². The molecule has 0 atom stereocenters. The van der Waals surface area contributed by atoms with E-state index in [2.05, 4.69) is 18.0 Å². The van der Waals surface area contributed by atoms with E-state index in [1.807, 2.05) is 18.0 Å². The lowest BCUT2D eigenvalue weighted by molar-refractivity contribution is 1.24. The van der Waals surface area contributed by atoms with E-state index >= 15 is 0 Å². The van der Waals surface area contributed by atoms with Gasteiger partial charge in [0, 0.05) is 12.0 Å². The Balaban J connectivity index is 2.49. The second-order valence-corrected chi connectivity index (χ2v) is 3.07. The number of rotatable bonds is 1. The molecular weight excluding hydrogens is 130 g/mol. The van der Waals surface area contributed by atoms with E-state index in [1.54, 1.807) is 0 Å². The summed E-state index contributed by atoms with van der Waals surface area (Å²) in [6.45, 7) is 2.14. The second kappa shape index (κ2) is 3.72. The molecule has 0 unspecified atom stereocenters. The van der Waals surface area contributed by atoms with Gasteiger partial charge in [-0.25, -0.2) is 0 Å². The van der Waals surface area contributed by atoms with Crippen molar-refractivity contribution in [2.75, 3.05) is 5.75 Å². The molecule has 0 bridgehead atoms. The highest BCUT2D eigenvalue weighted by molar-refractivity contribution is 8.13. The molecule has 0 fully saturated rings. The molecule has 50 valence electrons. The van der Waals surface area contributed by atoms with Crippen molar-refractivity contribution < 1.29 is 0 Å². The average Bonchev–Trinajstić information content (AvgIpc) is 2.13. The highest BCUT2D eigenvalue weighted by Gasteiger charge is 1.96. The number of allylic oxidation sites excluding steroid dienone is 1. The molecule has 0 aliphatic carbocycles. The summed E-state index contributed by atoms with van der Waals surface area (Å²) in [5, 5.41) is 1.27. The number of thioether (sulfide) groups is 1. The van der Waals surface area contributed by atoms with Gasteiger partial charge in [0.2, 0.25) is 0 Å². The molecule has 1 aliphatic heterocycles. The van der Waals surface area contributed by atoms with Crippen LogP contribution in [0.15, 0.2) is 17.3 Å². The first-order chi connectivity index (χ1) is 4.43. The highest BCUT2D eigenvalue weighted by atomic mass is 32.2. The van der Waals surface area contributed by atoms with Gasteiger partial charge in [-0.2, -0.15) is 0 Å². The van der Waals surface area contributed by atoms with Crippen LogP contribution >= 0.6 is 11.8 Å². The van der Waals surface area contributed by atoms with Crippen molar-refractivity contribution in [1.82, 2.24) is 0 Å². The van der Waals surface area contributed by atoms with Gasteiger partial charge in [0.15, 0.2) is 0 Å². The van der Waals surface area contributed by atoms with Crippen LogP contribution in [0.25, 0.3) is 0 Å². The maximum Gasteiger partial charge on any atom is 0.0728 e. The van der Waals surface area contributed by atoms with Crippen molar-refractivity contribution in [2.24, 2.45) is 4.99 Å². The molecule has 1 heterocycles. The van der Waals surface area contributed by atoms with Crippen LogP contribution in [-0.4, -0.2) is 10.8 Å². The molecule has 1 aliphatic rings. The summed E-state index contributed by atoms with van der Waals surface area (Å²) in [6, 6.07) is 0. The third-order valence-electron chi connectivity index (χ3n) is 1.18. The van der Waals surface area contributed by atoms with Crippen LogP contribution < -0.4 is 0 Å². The van der Waals surface area contributed by atoms with Crippen LogP contribution in [0.4, 0.5) is 0 Å². The van der Waals surface area contributed by atoms with Crippen LogP contribution in [0.1, 0.15) is 19.8 Å². The lowest BCUT2D eigenvalue weighted by atomic mass is 10.5. The van der Waals surface area contributed by atoms with E-state index in [9.17, 15) is 0 Å². The van der Waals surface area contributed by atoms with Crippen LogP contribution in [0.2, 0.25) is 0 Å². The molecule has 0 aromatic heterocycles. The Morgan fingerprint density at radius 3 is 3.44 bits per heavy atom. The minimum absolute atomic E-state index is 1.08. The molecule has 0 aromatic carbocycles. The van der Waals surface area contributed by atoms with Crippen molar-refractivity contribution in [1.29, 1.82) is 0 Å². The van der Waals surface area contributed by atoms with Gasteiger partial charge in [0.25, 0.3) is 0 Å². The van der Waals surface area contributed by atoms with Gasteiger partial charge in [0.1, 0.15) is 0 Å². The Labute approximate surface area is 60.3 Å². The van der Waals surface area contributed by atoms with Crippen LogP contribution in [-0.2, 0) is 0 Å². The van der Waals surface area contributed by atoms with Gasteiger partial charge < -0.3 is 0 Å². The molecule has 0 saturated carbocycles. The maximum atomic E-state index is 4.24. The average molecular weight is 141 g/mol. The fourth-order valence-corrected chi connectivity index (χ4v) is 1.51. The summed E-state index contributed by atoms with van der Waals surface area (Å²) < 4.78 is 0. The summed E-state index contributed by atoms with van der Waals surface area (Å²) in [4.78, 5) is 4.24. The Bertz CT molecular complexity index is 138. The molecule has 1 rings (SSSR count). The zero-order chi connectivity index (χ0) is 6.53. The van der Waals surface area contributed by atoms with E-state index in [4.69, 9.17) is 0 Å². The van der Waals surface area contributed by atoms with Crippen molar-refractivity contribution in [2.45, 2.75) is 19.8 Å². The smallest absolute Gasteiger partial charge is 0.0728 e. The molecule has 0 aromatic rings. The first kappa shape index (κ1) is 6.87. The molecule has 2 heteroatoms. The zero-order valence-corrected chi connectivity index (χ0v) is 6.45. The lowest BCUT2D eigenvalue weighted by Crippen LogP contribution is -1.87. The quantitative estimate of drug-likeness (QED) is 0.546. The van der Waals surface area contributed by atoms with Gasteiger partial charge in [-0.05, 0) is 12.8 Å². The summed E-state index contributed by atoms with van der Waals surface area (Å²) >= 11 is 1.87. The predicted molar refractivity (Wildman–Crippen MR) is 43.9 cm³/mol. The molecule has 0 amide bonds. The molecule has 0 spiro atoms. The Morgan fingerprint density at radius 1 is 1.78 bits per heavy atom. The minimum atomic E-state index is 1.08. The number of aliphatic imine (C=N–C) groups is 1. The molecule has 0 N–H and O–H groups in total. The highest BCUT2D eigenvalue weighted by Crippen LogP contribution is 2.12. The fourth-order valence-electron chi connectivity index (χ4n) is 0.686. The van der Waals surface area contributed by atoms with E-state index in [1.165, 1.54) is 10.8 Å². The third kappa shape index (κ3) is 2.22. The Morgan fingerprint density at radius 2 is 2.67 bits per heavy atom. The summed E-state index contributed by atoms with van der Waals surface area (Å²) in [6.07, 6.45) is 6.28. The van der Waals surface area contributed by atoms with Crippen LogP contribution in [0.3, 0.4) is 0 Å². The van der Waals surface area contributed by atoms with E-state index < -0.39 is 0 Å². The van der Waals surface area contributed by atoms with Gasteiger partial charge >= 0.3 is 0 Å². The first-order valence-corrected chi connectivity index (χ1v) is 4.26. The number of nitrogens with zero attached hydrogens (tertiary/aromatic N) is 1. The summed E-state index contributed by atoms with van der Waals surface area (Å²) in [5.74, 6) is 1.20. The number of hydrogen-bond acceptors (Lipinski definition) is 2. The third-order valence-corrected chi connectivity index (χ3v) is 2.35. The van der Waals surface area contributed by atoms with Crippen molar-refractivity contribution in [3.63, 3.8) is 0 Å². The molecule has 9 heavy (non-hydrogen) atoms. The largest absolute Gasteiger partial charge is 0.255 e. The van der Waals surface area contributed by atoms with Crippen molar-refractivity contribution >= 4 is 16.8 Å². The maximum absolute atomic E-state index is 4.24. The monoisotopic (exact) mass is 141 g/mol. The van der Waals surface area contributed by atoms with Crippen molar-refractivity contribution in [3.8, 4) is 0 Å². The summed E-state index contributed by atoms with van der Waals surface area (Å²) in [7, 11) is 0. The van der Waals surface area contributed by atoms with Crippen LogP contribution in [0.5, 0.6) is 0 Å². The number of hydrogen-bond donors (Lipinski definition) is 0. The van der Waals surface area contributed by atoms with E-state index in [0.29, 0.717) is 0 Å². The minimum Gasteiger partial charge on any atom is -0.255 e. The lowest BCUT2D eigenvalue weighted by Gasteiger charge is -1.95. The molecule has 0 radical (unpaired) electrons. The van der Waals surface area contributed by atoms with Gasteiger partial charge in [-0.3, -0.25) is 4.99 Å². The zero-order valence-electron chi connectivity index (χ0n) is 5.63. The van der Waals surface area contributed by atoms with E-state index in [0.717, 1.165) is 12.8 Å². The second-order valence-electron chi connectivity index (χ2n) is 1.90. The topological polar surface area (TPSA) is 12.4 Å². The van der Waals surface area contributed by atoms with Gasteiger partial charge in [0.05, 0.1) is 5.04 Å². The molecular formula is C7H11NS. The van der Waals surface area contributed by atoms with Gasteiger partial charge in [-0.15, -0.1) is 11.8 Å². The normalized spacial score (nSPS) is 19.0. The predicted octanol–water partition coefficient (Wildman–Crippen LogP) is 2.45. The molecule has 1 nitrogen and oxygen atoms in total. The first-order valence-electron chi connectivity index (χ1n) is 3.28. The SMILES string of the molecule is CCC1=NC=CCCS1. The molecule has 0 saturated heterocycles. The standard InChI is InChI=1S/C7H11NS/c1-2-7-8-5-3-4-6-9-7/h3,5H,2,4,6H2,1H3. The fraction of sp³-hybridized carbons (Fsp3) is 0.571. The Kier molecular flexibility index (Phi) is 2.84. The van der Waals surface area contributed by atoms with Crippen LogP contribution in [0, 0.1) is 0 Å². The summed E-state index contributed by atoms with van der Waals surface area (Å²) in [5.41, 5.74) is 0.